The minimum Gasteiger partial charge on any atom is -0.332 e. The maximum Gasteiger partial charge on any atom is 0.257 e. The predicted octanol–water partition coefficient (Wildman–Crippen LogP) is 4.17. The van der Waals surface area contributed by atoms with Crippen molar-refractivity contribution < 1.29 is 9.59 Å². The van der Waals surface area contributed by atoms with Crippen LogP contribution in [0.2, 0.25) is 0 Å². The quantitative estimate of drug-likeness (QED) is 0.692. The van der Waals surface area contributed by atoms with Gasteiger partial charge >= 0.3 is 0 Å². The molecule has 0 saturated carbocycles. The summed E-state index contributed by atoms with van der Waals surface area (Å²) in [6, 6.07) is 12.7. The van der Waals surface area contributed by atoms with Crippen LogP contribution in [0.3, 0.4) is 0 Å². The molecule has 5 nitrogen and oxygen atoms in total. The number of thiocarbonyl (C=S) groups is 1. The molecule has 0 aliphatic rings. The van der Waals surface area contributed by atoms with Crippen LogP contribution in [-0.4, -0.2) is 16.9 Å². The molecule has 0 aromatic heterocycles. The fourth-order valence-corrected chi connectivity index (χ4v) is 2.56. The van der Waals surface area contributed by atoms with Gasteiger partial charge in [-0.3, -0.25) is 14.9 Å². The maximum atomic E-state index is 12.3. The van der Waals surface area contributed by atoms with Crippen LogP contribution in [0.1, 0.15) is 41.3 Å². The molecule has 26 heavy (non-hydrogen) atoms. The number of nitrogens with one attached hydrogen (secondary N) is 3. The third kappa shape index (κ3) is 5.67. The van der Waals surface area contributed by atoms with Gasteiger partial charge in [0, 0.05) is 23.4 Å². The van der Waals surface area contributed by atoms with Gasteiger partial charge in [-0.15, -0.1) is 0 Å². The number of hydrogen-bond acceptors (Lipinski definition) is 3. The molecule has 0 radical (unpaired) electrons. The van der Waals surface area contributed by atoms with E-state index in [2.05, 4.69) is 16.0 Å². The van der Waals surface area contributed by atoms with E-state index in [9.17, 15) is 9.59 Å². The molecular weight excluding hydrogens is 346 g/mol. The van der Waals surface area contributed by atoms with Crippen LogP contribution in [0, 0.1) is 13.8 Å². The van der Waals surface area contributed by atoms with Crippen molar-refractivity contribution in [2.24, 2.45) is 0 Å². The standard InChI is InChI=1S/C20H23N3O2S/c1-4-6-18(24)21-16-7-5-8-17(12-16)22-20(26)23-19(25)15-10-9-13(2)14(3)11-15/h5,7-12H,4,6H2,1-3H3,(H,21,24)(H2,22,23,25,26). The van der Waals surface area contributed by atoms with Gasteiger partial charge in [0.2, 0.25) is 5.91 Å². The molecule has 6 heteroatoms. The van der Waals surface area contributed by atoms with Gasteiger partial charge < -0.3 is 10.6 Å². The van der Waals surface area contributed by atoms with Crippen LogP contribution in [0.25, 0.3) is 0 Å². The van der Waals surface area contributed by atoms with Crippen molar-refractivity contribution in [3.63, 3.8) is 0 Å². The summed E-state index contributed by atoms with van der Waals surface area (Å²) in [6.07, 6.45) is 1.26. The molecule has 0 unspecified atom stereocenters. The lowest BCUT2D eigenvalue weighted by molar-refractivity contribution is -0.116. The summed E-state index contributed by atoms with van der Waals surface area (Å²) in [5.74, 6) is -0.298. The minimum absolute atomic E-state index is 0.0322. The Hall–Kier alpha value is -2.73. The van der Waals surface area contributed by atoms with Gasteiger partial charge in [-0.25, -0.2) is 0 Å². The van der Waals surface area contributed by atoms with Crippen molar-refractivity contribution in [3.8, 4) is 0 Å². The van der Waals surface area contributed by atoms with Crippen molar-refractivity contribution >= 4 is 40.5 Å². The molecule has 0 saturated heterocycles. The molecule has 2 aromatic rings. The second-order valence-corrected chi connectivity index (χ2v) is 6.49. The Labute approximate surface area is 159 Å². The van der Waals surface area contributed by atoms with E-state index < -0.39 is 0 Å². The van der Waals surface area contributed by atoms with E-state index in [1.807, 2.05) is 39.0 Å². The summed E-state index contributed by atoms with van der Waals surface area (Å²) in [4.78, 5) is 24.0. The molecule has 0 aliphatic carbocycles. The molecular formula is C20H23N3O2S. The van der Waals surface area contributed by atoms with Crippen molar-refractivity contribution in [2.75, 3.05) is 10.6 Å². The third-order valence-electron chi connectivity index (χ3n) is 3.88. The smallest absolute Gasteiger partial charge is 0.257 e. The lowest BCUT2D eigenvalue weighted by Crippen LogP contribution is -2.34. The molecule has 0 aliphatic heterocycles. The SMILES string of the molecule is CCCC(=O)Nc1cccc(NC(=S)NC(=O)c2ccc(C)c(C)c2)c1. The van der Waals surface area contributed by atoms with Gasteiger partial charge in [-0.1, -0.05) is 19.1 Å². The number of hydrogen-bond donors (Lipinski definition) is 3. The minimum atomic E-state index is -0.266. The first-order valence-electron chi connectivity index (χ1n) is 8.48. The van der Waals surface area contributed by atoms with Gasteiger partial charge in [-0.05, 0) is 73.9 Å². The van der Waals surface area contributed by atoms with E-state index in [1.165, 1.54) is 0 Å². The Kier molecular flexibility index (Phi) is 6.86. The topological polar surface area (TPSA) is 70.2 Å². The number of carbonyl (C=O) groups excluding carboxylic acids is 2. The predicted molar refractivity (Wildman–Crippen MR) is 110 cm³/mol. The molecule has 0 spiro atoms. The Morgan fingerprint density at radius 3 is 2.31 bits per heavy atom. The van der Waals surface area contributed by atoms with Crippen LogP contribution >= 0.6 is 12.2 Å². The van der Waals surface area contributed by atoms with Gasteiger partial charge in [0.1, 0.15) is 0 Å². The number of anilines is 2. The first-order chi connectivity index (χ1) is 12.4. The summed E-state index contributed by atoms with van der Waals surface area (Å²) >= 11 is 5.21. The zero-order valence-corrected chi connectivity index (χ0v) is 16.0. The molecule has 0 bridgehead atoms. The number of rotatable bonds is 5. The van der Waals surface area contributed by atoms with E-state index in [0.29, 0.717) is 23.4 Å². The second-order valence-electron chi connectivity index (χ2n) is 6.09. The highest BCUT2D eigenvalue weighted by Crippen LogP contribution is 2.16. The summed E-state index contributed by atoms with van der Waals surface area (Å²) in [5, 5.41) is 8.65. The number of benzene rings is 2. The number of carbonyl (C=O) groups is 2. The fraction of sp³-hybridized carbons (Fsp3) is 0.250. The highest BCUT2D eigenvalue weighted by Gasteiger charge is 2.09. The fourth-order valence-electron chi connectivity index (χ4n) is 2.35. The first kappa shape index (κ1) is 19.6. The third-order valence-corrected chi connectivity index (χ3v) is 4.08. The van der Waals surface area contributed by atoms with Gasteiger partial charge in [-0.2, -0.15) is 0 Å². The van der Waals surface area contributed by atoms with Crippen LogP contribution in [0.15, 0.2) is 42.5 Å². The summed E-state index contributed by atoms with van der Waals surface area (Å²) in [6.45, 7) is 5.91. The molecule has 0 heterocycles. The molecule has 136 valence electrons. The zero-order chi connectivity index (χ0) is 19.1. The normalized spacial score (nSPS) is 10.1. The Morgan fingerprint density at radius 1 is 0.962 bits per heavy atom. The summed E-state index contributed by atoms with van der Waals surface area (Å²) in [7, 11) is 0. The summed E-state index contributed by atoms with van der Waals surface area (Å²) in [5.41, 5.74) is 4.09. The van der Waals surface area contributed by atoms with E-state index in [1.54, 1.807) is 24.3 Å². The Bertz CT molecular complexity index is 834. The van der Waals surface area contributed by atoms with Crippen molar-refractivity contribution in [3.05, 3.63) is 59.2 Å². The molecule has 3 N–H and O–H groups in total. The lowest BCUT2D eigenvalue weighted by Gasteiger charge is -2.12. The number of aryl methyl sites for hydroxylation is 2. The Balaban J connectivity index is 1.97. The van der Waals surface area contributed by atoms with Crippen LogP contribution < -0.4 is 16.0 Å². The second kappa shape index (κ2) is 9.10. The molecule has 2 aromatic carbocycles. The van der Waals surface area contributed by atoms with Crippen molar-refractivity contribution in [1.82, 2.24) is 5.32 Å². The maximum absolute atomic E-state index is 12.3. The average molecular weight is 369 g/mol. The Morgan fingerprint density at radius 2 is 1.65 bits per heavy atom. The lowest BCUT2D eigenvalue weighted by atomic mass is 10.1. The van der Waals surface area contributed by atoms with Gasteiger partial charge in [0.15, 0.2) is 5.11 Å². The van der Waals surface area contributed by atoms with Crippen molar-refractivity contribution in [1.29, 1.82) is 0 Å². The van der Waals surface area contributed by atoms with E-state index in [-0.39, 0.29) is 16.9 Å². The highest BCUT2D eigenvalue weighted by molar-refractivity contribution is 7.80. The monoisotopic (exact) mass is 369 g/mol. The van der Waals surface area contributed by atoms with Crippen LogP contribution in [0.5, 0.6) is 0 Å². The largest absolute Gasteiger partial charge is 0.332 e. The molecule has 0 atom stereocenters. The first-order valence-corrected chi connectivity index (χ1v) is 8.89. The van der Waals surface area contributed by atoms with E-state index >= 15 is 0 Å². The van der Waals surface area contributed by atoms with Crippen molar-refractivity contribution in [2.45, 2.75) is 33.6 Å². The molecule has 0 fully saturated rings. The van der Waals surface area contributed by atoms with Gasteiger partial charge in [0.25, 0.3) is 5.91 Å². The van der Waals surface area contributed by atoms with E-state index in [4.69, 9.17) is 12.2 Å². The zero-order valence-electron chi connectivity index (χ0n) is 15.2. The van der Waals surface area contributed by atoms with E-state index in [0.717, 1.165) is 17.5 Å². The molecule has 2 amide bonds. The molecule has 2 rings (SSSR count). The van der Waals surface area contributed by atoms with Crippen LogP contribution in [0.4, 0.5) is 11.4 Å². The summed E-state index contributed by atoms with van der Waals surface area (Å²) < 4.78 is 0. The van der Waals surface area contributed by atoms with Crippen LogP contribution in [-0.2, 0) is 4.79 Å². The highest BCUT2D eigenvalue weighted by atomic mass is 32.1. The average Bonchev–Trinajstić information content (AvgIpc) is 2.57. The number of amides is 2. The van der Waals surface area contributed by atoms with Gasteiger partial charge in [0.05, 0.1) is 0 Å².